The zero-order valence-corrected chi connectivity index (χ0v) is 13.3. The summed E-state index contributed by atoms with van der Waals surface area (Å²) in [6.07, 6.45) is 1.51. The van der Waals surface area contributed by atoms with Gasteiger partial charge in [-0.25, -0.2) is 4.79 Å². The van der Waals surface area contributed by atoms with E-state index in [1.54, 1.807) is 37.4 Å². The molecule has 6 heteroatoms. The Morgan fingerprint density at radius 2 is 1.87 bits per heavy atom. The van der Waals surface area contributed by atoms with Gasteiger partial charge in [-0.3, -0.25) is 4.79 Å². The Labute approximate surface area is 134 Å². The van der Waals surface area contributed by atoms with Gasteiger partial charge in [0.05, 0.1) is 6.26 Å². The number of carbonyl (C=O) groups is 2. The number of anilines is 1. The van der Waals surface area contributed by atoms with Crippen molar-refractivity contribution in [3.8, 4) is 5.75 Å². The highest BCUT2D eigenvalue weighted by Crippen LogP contribution is 2.25. The molecule has 1 aromatic heterocycles. The molecule has 0 atom stereocenters. The number of aliphatic carboxylic acids is 1. The fourth-order valence-electron chi connectivity index (χ4n) is 2.13. The van der Waals surface area contributed by atoms with Crippen molar-refractivity contribution in [2.45, 2.75) is 19.8 Å². The van der Waals surface area contributed by atoms with E-state index >= 15 is 0 Å². The third kappa shape index (κ3) is 3.91. The number of carboxylic acids is 1. The first-order chi connectivity index (χ1) is 10.9. The molecule has 0 spiro atoms. The molecule has 0 fully saturated rings. The zero-order chi connectivity index (χ0) is 17.0. The molecule has 122 valence electrons. The van der Waals surface area contributed by atoms with Crippen LogP contribution in [-0.4, -0.2) is 30.6 Å². The van der Waals surface area contributed by atoms with Crippen molar-refractivity contribution in [3.05, 3.63) is 47.9 Å². The molecule has 0 saturated heterocycles. The Morgan fingerprint density at radius 3 is 2.43 bits per heavy atom. The van der Waals surface area contributed by atoms with E-state index in [2.05, 4.69) is 0 Å². The molecule has 0 unspecified atom stereocenters. The van der Waals surface area contributed by atoms with Crippen LogP contribution in [0.25, 0.3) is 0 Å². The van der Waals surface area contributed by atoms with Gasteiger partial charge in [-0.2, -0.15) is 0 Å². The summed E-state index contributed by atoms with van der Waals surface area (Å²) in [4.78, 5) is 24.5. The molecule has 1 amide bonds. The summed E-state index contributed by atoms with van der Waals surface area (Å²) in [5.74, 6) is -0.335. The summed E-state index contributed by atoms with van der Waals surface area (Å²) in [7, 11) is 1.65. The van der Waals surface area contributed by atoms with Crippen molar-refractivity contribution in [2.75, 3.05) is 18.6 Å². The second kappa shape index (κ2) is 7.00. The highest BCUT2D eigenvalue weighted by molar-refractivity contribution is 6.04. The van der Waals surface area contributed by atoms with Gasteiger partial charge in [0.15, 0.2) is 12.4 Å². The average Bonchev–Trinajstić information content (AvgIpc) is 3.01. The van der Waals surface area contributed by atoms with Crippen molar-refractivity contribution in [2.24, 2.45) is 0 Å². The van der Waals surface area contributed by atoms with Crippen LogP contribution in [-0.2, 0) is 4.79 Å². The lowest BCUT2D eigenvalue weighted by Gasteiger charge is -2.17. The van der Waals surface area contributed by atoms with Gasteiger partial charge in [0, 0.05) is 18.3 Å². The van der Waals surface area contributed by atoms with Crippen LogP contribution in [0.5, 0.6) is 5.75 Å². The SMILES string of the molecule is CC(C)c1ccoc1C(=O)N(C)c1ccc(OCC(=O)O)cc1. The molecule has 0 radical (unpaired) electrons. The Bertz CT molecular complexity index is 687. The van der Waals surface area contributed by atoms with Gasteiger partial charge in [0.2, 0.25) is 0 Å². The predicted octanol–water partition coefficient (Wildman–Crippen LogP) is 3.14. The van der Waals surface area contributed by atoms with Gasteiger partial charge in [-0.1, -0.05) is 13.8 Å². The number of hydrogen-bond acceptors (Lipinski definition) is 4. The van der Waals surface area contributed by atoms with E-state index in [1.165, 1.54) is 11.2 Å². The number of rotatable bonds is 6. The fourth-order valence-corrected chi connectivity index (χ4v) is 2.13. The van der Waals surface area contributed by atoms with Gasteiger partial charge >= 0.3 is 5.97 Å². The van der Waals surface area contributed by atoms with E-state index in [0.29, 0.717) is 17.2 Å². The van der Waals surface area contributed by atoms with Crippen LogP contribution in [0, 0.1) is 0 Å². The molecule has 23 heavy (non-hydrogen) atoms. The Hall–Kier alpha value is -2.76. The Balaban J connectivity index is 2.13. The molecule has 2 rings (SSSR count). The summed E-state index contributed by atoms with van der Waals surface area (Å²) in [6.45, 7) is 3.59. The standard InChI is InChI=1S/C17H19NO5/c1-11(2)14-8-9-22-16(14)17(21)18(3)12-4-6-13(7-5-12)23-10-15(19)20/h4-9,11H,10H2,1-3H3,(H,19,20). The summed E-state index contributed by atoms with van der Waals surface area (Å²) in [5, 5.41) is 8.58. The van der Waals surface area contributed by atoms with E-state index < -0.39 is 12.6 Å². The first-order valence-electron chi connectivity index (χ1n) is 7.20. The molecule has 0 saturated carbocycles. The number of nitrogens with zero attached hydrogens (tertiary/aromatic N) is 1. The fraction of sp³-hybridized carbons (Fsp3) is 0.294. The molecule has 2 aromatic rings. The molecule has 6 nitrogen and oxygen atoms in total. The molecule has 0 bridgehead atoms. The largest absolute Gasteiger partial charge is 0.482 e. The maximum Gasteiger partial charge on any atom is 0.341 e. The molecule has 0 aliphatic carbocycles. The van der Waals surface area contributed by atoms with E-state index in [-0.39, 0.29) is 11.8 Å². The predicted molar refractivity (Wildman–Crippen MR) is 85.1 cm³/mol. The van der Waals surface area contributed by atoms with Crippen LogP contribution in [0.2, 0.25) is 0 Å². The number of carboxylic acid groups (broad SMARTS) is 1. The molecule has 1 heterocycles. The molecular weight excluding hydrogens is 298 g/mol. The third-order valence-corrected chi connectivity index (χ3v) is 3.40. The monoisotopic (exact) mass is 317 g/mol. The van der Waals surface area contributed by atoms with Crippen LogP contribution in [0.1, 0.15) is 35.9 Å². The molecule has 0 aliphatic heterocycles. The number of hydrogen-bond donors (Lipinski definition) is 1. The highest BCUT2D eigenvalue weighted by Gasteiger charge is 2.22. The summed E-state index contributed by atoms with van der Waals surface area (Å²) >= 11 is 0. The Morgan fingerprint density at radius 1 is 1.22 bits per heavy atom. The zero-order valence-electron chi connectivity index (χ0n) is 13.3. The van der Waals surface area contributed by atoms with Gasteiger partial charge in [0.25, 0.3) is 5.91 Å². The minimum absolute atomic E-state index is 0.188. The number of benzene rings is 1. The summed E-state index contributed by atoms with van der Waals surface area (Å²) in [6, 6.07) is 8.41. The third-order valence-electron chi connectivity index (χ3n) is 3.40. The first-order valence-corrected chi connectivity index (χ1v) is 7.20. The second-order valence-corrected chi connectivity index (χ2v) is 5.40. The minimum atomic E-state index is -1.04. The van der Waals surface area contributed by atoms with E-state index in [0.717, 1.165) is 5.56 Å². The van der Waals surface area contributed by atoms with Crippen molar-refractivity contribution in [1.82, 2.24) is 0 Å². The van der Waals surface area contributed by atoms with Gasteiger partial charge in [-0.15, -0.1) is 0 Å². The van der Waals surface area contributed by atoms with E-state index in [9.17, 15) is 9.59 Å². The number of carbonyl (C=O) groups excluding carboxylic acids is 1. The van der Waals surface area contributed by atoms with Crippen LogP contribution >= 0.6 is 0 Å². The quantitative estimate of drug-likeness (QED) is 0.885. The smallest absolute Gasteiger partial charge is 0.341 e. The average molecular weight is 317 g/mol. The number of ether oxygens (including phenoxy) is 1. The van der Waals surface area contributed by atoms with Crippen LogP contribution < -0.4 is 9.64 Å². The molecule has 1 N–H and O–H groups in total. The van der Waals surface area contributed by atoms with Crippen LogP contribution in [0.15, 0.2) is 41.0 Å². The maximum atomic E-state index is 12.6. The lowest BCUT2D eigenvalue weighted by Crippen LogP contribution is -2.26. The Kier molecular flexibility index (Phi) is 5.05. The van der Waals surface area contributed by atoms with E-state index in [1.807, 2.05) is 13.8 Å². The lowest BCUT2D eigenvalue weighted by molar-refractivity contribution is -0.139. The summed E-state index contributed by atoms with van der Waals surface area (Å²) in [5.41, 5.74) is 1.52. The number of amides is 1. The van der Waals surface area contributed by atoms with Gasteiger partial charge in [0.1, 0.15) is 5.75 Å². The topological polar surface area (TPSA) is 80.0 Å². The second-order valence-electron chi connectivity index (χ2n) is 5.40. The van der Waals surface area contributed by atoms with Gasteiger partial charge < -0.3 is 19.2 Å². The van der Waals surface area contributed by atoms with Crippen molar-refractivity contribution < 1.29 is 23.8 Å². The number of furan rings is 1. The minimum Gasteiger partial charge on any atom is -0.482 e. The normalized spacial score (nSPS) is 10.6. The van der Waals surface area contributed by atoms with Crippen molar-refractivity contribution in [1.29, 1.82) is 0 Å². The van der Waals surface area contributed by atoms with Crippen LogP contribution in [0.4, 0.5) is 5.69 Å². The van der Waals surface area contributed by atoms with Crippen molar-refractivity contribution in [3.63, 3.8) is 0 Å². The molecular formula is C17H19NO5. The highest BCUT2D eigenvalue weighted by atomic mass is 16.5. The van der Waals surface area contributed by atoms with Gasteiger partial charge in [-0.05, 0) is 36.2 Å². The summed E-state index contributed by atoms with van der Waals surface area (Å²) < 4.78 is 10.4. The molecule has 0 aliphatic rings. The first kappa shape index (κ1) is 16.6. The van der Waals surface area contributed by atoms with Crippen LogP contribution in [0.3, 0.4) is 0 Å². The van der Waals surface area contributed by atoms with E-state index in [4.69, 9.17) is 14.3 Å². The maximum absolute atomic E-state index is 12.6. The molecule has 1 aromatic carbocycles. The van der Waals surface area contributed by atoms with Crippen molar-refractivity contribution >= 4 is 17.6 Å². The lowest BCUT2D eigenvalue weighted by atomic mass is 10.0.